The molecule has 2 N–H and O–H groups in total. The van der Waals surface area contributed by atoms with E-state index in [4.69, 9.17) is 10.5 Å². The third kappa shape index (κ3) is 4.43. The predicted molar refractivity (Wildman–Crippen MR) is 62.3 cm³/mol. The summed E-state index contributed by atoms with van der Waals surface area (Å²) in [5.74, 6) is 0. The maximum atomic E-state index is 6.08. The number of rotatable bonds is 5. The maximum absolute atomic E-state index is 6.08. The average molecular weight is 201 g/mol. The first-order valence-electron chi connectivity index (χ1n) is 5.73. The van der Waals surface area contributed by atoms with Crippen molar-refractivity contribution in [2.75, 3.05) is 0 Å². The number of hydrogen-bond donors (Lipinski definition) is 1. The maximum Gasteiger partial charge on any atom is 0.0777 e. The van der Waals surface area contributed by atoms with E-state index < -0.39 is 0 Å². The molecule has 0 saturated heterocycles. The first kappa shape index (κ1) is 13.9. The minimum absolute atomic E-state index is 0.124. The summed E-state index contributed by atoms with van der Waals surface area (Å²) in [5, 5.41) is 0. The Bertz CT molecular complexity index is 151. The van der Waals surface area contributed by atoms with Crippen molar-refractivity contribution in [1.29, 1.82) is 0 Å². The smallest absolute Gasteiger partial charge is 0.0777 e. The SMILES string of the molecule is CCC(C)OC(C(N)CC)C(C)(C)C. The van der Waals surface area contributed by atoms with Gasteiger partial charge in [0.1, 0.15) is 0 Å². The molecule has 14 heavy (non-hydrogen) atoms. The number of hydrogen-bond acceptors (Lipinski definition) is 2. The molecule has 2 nitrogen and oxygen atoms in total. The van der Waals surface area contributed by atoms with Crippen LogP contribution < -0.4 is 5.73 Å². The van der Waals surface area contributed by atoms with Gasteiger partial charge >= 0.3 is 0 Å². The molecule has 0 aromatic rings. The van der Waals surface area contributed by atoms with Crippen molar-refractivity contribution in [2.24, 2.45) is 11.1 Å². The molecule has 0 aliphatic heterocycles. The first-order chi connectivity index (χ1) is 6.32. The summed E-state index contributed by atoms with van der Waals surface area (Å²) in [6, 6.07) is 0.143. The molecule has 0 aromatic carbocycles. The standard InChI is InChI=1S/C12H27NO/c1-7-9(3)14-11(10(13)8-2)12(4,5)6/h9-11H,7-8,13H2,1-6H3. The van der Waals surface area contributed by atoms with Gasteiger partial charge in [0, 0.05) is 6.04 Å². The average Bonchev–Trinajstić information content (AvgIpc) is 2.10. The van der Waals surface area contributed by atoms with Crippen molar-refractivity contribution in [2.45, 2.75) is 72.6 Å². The van der Waals surface area contributed by atoms with E-state index in [0.29, 0.717) is 6.10 Å². The van der Waals surface area contributed by atoms with E-state index >= 15 is 0 Å². The van der Waals surface area contributed by atoms with Gasteiger partial charge in [0.15, 0.2) is 0 Å². The lowest BCUT2D eigenvalue weighted by Crippen LogP contribution is -2.46. The molecular weight excluding hydrogens is 174 g/mol. The second-order valence-corrected chi connectivity index (χ2v) is 5.21. The highest BCUT2D eigenvalue weighted by Crippen LogP contribution is 2.26. The fourth-order valence-corrected chi connectivity index (χ4v) is 1.51. The van der Waals surface area contributed by atoms with Crippen molar-refractivity contribution in [3.63, 3.8) is 0 Å². The van der Waals surface area contributed by atoms with Gasteiger partial charge in [-0.25, -0.2) is 0 Å². The summed E-state index contributed by atoms with van der Waals surface area (Å²) in [6.45, 7) is 12.9. The van der Waals surface area contributed by atoms with E-state index in [2.05, 4.69) is 41.5 Å². The van der Waals surface area contributed by atoms with Gasteiger partial charge in [-0.1, -0.05) is 34.6 Å². The van der Waals surface area contributed by atoms with E-state index in [9.17, 15) is 0 Å². The lowest BCUT2D eigenvalue weighted by atomic mass is 9.84. The van der Waals surface area contributed by atoms with Gasteiger partial charge in [0.2, 0.25) is 0 Å². The Hall–Kier alpha value is -0.0800. The zero-order chi connectivity index (χ0) is 11.4. The Morgan fingerprint density at radius 3 is 1.93 bits per heavy atom. The van der Waals surface area contributed by atoms with Gasteiger partial charge < -0.3 is 10.5 Å². The summed E-state index contributed by atoms with van der Waals surface area (Å²) in [5.41, 5.74) is 6.21. The monoisotopic (exact) mass is 201 g/mol. The fourth-order valence-electron chi connectivity index (χ4n) is 1.51. The topological polar surface area (TPSA) is 35.2 Å². The van der Waals surface area contributed by atoms with Crippen molar-refractivity contribution in [3.05, 3.63) is 0 Å². The highest BCUT2D eigenvalue weighted by atomic mass is 16.5. The van der Waals surface area contributed by atoms with Crippen LogP contribution in [0.2, 0.25) is 0 Å². The van der Waals surface area contributed by atoms with Crippen LogP contribution in [0, 0.1) is 5.41 Å². The van der Waals surface area contributed by atoms with E-state index in [1.54, 1.807) is 0 Å². The lowest BCUT2D eigenvalue weighted by Gasteiger charge is -2.36. The van der Waals surface area contributed by atoms with Crippen LogP contribution in [-0.2, 0) is 4.74 Å². The van der Waals surface area contributed by atoms with Crippen LogP contribution in [0.5, 0.6) is 0 Å². The zero-order valence-corrected chi connectivity index (χ0v) is 10.6. The van der Waals surface area contributed by atoms with Gasteiger partial charge in [-0.15, -0.1) is 0 Å². The molecule has 0 heterocycles. The minimum Gasteiger partial charge on any atom is -0.373 e. The Morgan fingerprint density at radius 2 is 1.64 bits per heavy atom. The Kier molecular flexibility index (Phi) is 5.68. The molecule has 86 valence electrons. The van der Waals surface area contributed by atoms with Gasteiger partial charge in [-0.2, -0.15) is 0 Å². The zero-order valence-electron chi connectivity index (χ0n) is 10.6. The van der Waals surface area contributed by atoms with Crippen LogP contribution in [0.1, 0.15) is 54.4 Å². The summed E-state index contributed by atoms with van der Waals surface area (Å²) >= 11 is 0. The Labute approximate surface area is 89.2 Å². The normalized spacial score (nSPS) is 19.1. The number of ether oxygens (including phenoxy) is 1. The third-order valence-corrected chi connectivity index (χ3v) is 2.67. The largest absolute Gasteiger partial charge is 0.373 e. The van der Waals surface area contributed by atoms with Crippen LogP contribution in [0.15, 0.2) is 0 Å². The van der Waals surface area contributed by atoms with Crippen molar-refractivity contribution < 1.29 is 4.74 Å². The summed E-state index contributed by atoms with van der Waals surface area (Å²) in [6.07, 6.45) is 2.47. The third-order valence-electron chi connectivity index (χ3n) is 2.67. The second-order valence-electron chi connectivity index (χ2n) is 5.21. The molecule has 0 radical (unpaired) electrons. The number of nitrogens with two attached hydrogens (primary N) is 1. The fraction of sp³-hybridized carbons (Fsp3) is 1.00. The van der Waals surface area contributed by atoms with Crippen LogP contribution in [0.3, 0.4) is 0 Å². The highest BCUT2D eigenvalue weighted by Gasteiger charge is 2.31. The molecule has 0 aliphatic carbocycles. The van der Waals surface area contributed by atoms with Crippen LogP contribution in [-0.4, -0.2) is 18.2 Å². The molecule has 0 saturated carbocycles. The molecule has 0 spiro atoms. The van der Waals surface area contributed by atoms with Gasteiger partial charge in [-0.05, 0) is 25.2 Å². The molecule has 0 fully saturated rings. The van der Waals surface area contributed by atoms with Crippen molar-refractivity contribution >= 4 is 0 Å². The van der Waals surface area contributed by atoms with E-state index in [1.165, 1.54) is 0 Å². The van der Waals surface area contributed by atoms with Crippen LogP contribution in [0.4, 0.5) is 0 Å². The lowest BCUT2D eigenvalue weighted by molar-refractivity contribution is -0.0733. The highest BCUT2D eigenvalue weighted by molar-refractivity contribution is 4.84. The Morgan fingerprint density at radius 1 is 1.14 bits per heavy atom. The summed E-state index contributed by atoms with van der Waals surface area (Å²) in [4.78, 5) is 0. The van der Waals surface area contributed by atoms with E-state index in [1.807, 2.05) is 0 Å². The Balaban J connectivity index is 4.41. The molecule has 0 aliphatic rings. The second kappa shape index (κ2) is 5.72. The quantitative estimate of drug-likeness (QED) is 0.742. The first-order valence-corrected chi connectivity index (χ1v) is 5.73. The van der Waals surface area contributed by atoms with Crippen LogP contribution >= 0.6 is 0 Å². The molecule has 3 unspecified atom stereocenters. The molecule has 3 atom stereocenters. The predicted octanol–water partition coefficient (Wildman–Crippen LogP) is 2.95. The van der Waals surface area contributed by atoms with Crippen molar-refractivity contribution in [1.82, 2.24) is 0 Å². The minimum atomic E-state index is 0.124. The molecule has 2 heteroatoms. The summed E-state index contributed by atoms with van der Waals surface area (Å²) in [7, 11) is 0. The molecule has 0 amide bonds. The molecule has 0 rings (SSSR count). The van der Waals surface area contributed by atoms with Gasteiger partial charge in [0.25, 0.3) is 0 Å². The molecule has 0 aromatic heterocycles. The van der Waals surface area contributed by atoms with E-state index in [-0.39, 0.29) is 17.6 Å². The van der Waals surface area contributed by atoms with Crippen LogP contribution in [0.25, 0.3) is 0 Å². The molecule has 0 bridgehead atoms. The molecular formula is C12H27NO. The van der Waals surface area contributed by atoms with Gasteiger partial charge in [0.05, 0.1) is 12.2 Å². The van der Waals surface area contributed by atoms with Gasteiger partial charge in [-0.3, -0.25) is 0 Å². The van der Waals surface area contributed by atoms with E-state index in [0.717, 1.165) is 12.8 Å². The summed E-state index contributed by atoms with van der Waals surface area (Å²) < 4.78 is 5.99. The van der Waals surface area contributed by atoms with Crippen molar-refractivity contribution in [3.8, 4) is 0 Å².